The fraction of sp³-hybridized carbons (Fsp3) is 0.625. The Hall–Kier alpha value is -0.580. The molecule has 0 spiro atoms. The van der Waals surface area contributed by atoms with Gasteiger partial charge >= 0.3 is 0 Å². The molecule has 1 fully saturated rings. The van der Waals surface area contributed by atoms with Gasteiger partial charge in [0.05, 0.1) is 0 Å². The Morgan fingerprint density at radius 2 is 2.00 bits per heavy atom. The van der Waals surface area contributed by atoms with Crippen molar-refractivity contribution in [1.82, 2.24) is 5.32 Å². The van der Waals surface area contributed by atoms with E-state index in [1.54, 1.807) is 23.9 Å². The average molecular weight is 297 g/mol. The lowest BCUT2D eigenvalue weighted by Gasteiger charge is -2.24. The maximum atomic E-state index is 14.1. The summed E-state index contributed by atoms with van der Waals surface area (Å²) < 4.78 is 19.5. The third-order valence-corrected chi connectivity index (χ3v) is 4.77. The van der Waals surface area contributed by atoms with Crippen LogP contribution in [-0.4, -0.2) is 24.0 Å². The van der Waals surface area contributed by atoms with Crippen molar-refractivity contribution in [3.05, 3.63) is 29.6 Å². The first-order chi connectivity index (χ1) is 9.46. The number of benzene rings is 1. The van der Waals surface area contributed by atoms with E-state index in [1.165, 1.54) is 0 Å². The second-order valence-corrected chi connectivity index (χ2v) is 7.59. The van der Waals surface area contributed by atoms with Crippen molar-refractivity contribution in [1.29, 1.82) is 0 Å². The molecule has 0 aromatic heterocycles. The lowest BCUT2D eigenvalue weighted by atomic mass is 10.1. The Labute approximate surface area is 125 Å². The molecule has 1 aliphatic rings. The summed E-state index contributed by atoms with van der Waals surface area (Å²) in [4.78, 5) is 1.06. The SMILES string of the molecule is CC(C)(C)NCc1c(F)cccc1SC1CCOCC1. The smallest absolute Gasteiger partial charge is 0.128 e. The van der Waals surface area contributed by atoms with Crippen LogP contribution in [0.4, 0.5) is 4.39 Å². The summed E-state index contributed by atoms with van der Waals surface area (Å²) in [5, 5.41) is 3.92. The van der Waals surface area contributed by atoms with Gasteiger partial charge in [-0.2, -0.15) is 0 Å². The van der Waals surface area contributed by atoms with E-state index in [0.29, 0.717) is 11.8 Å². The predicted molar refractivity (Wildman–Crippen MR) is 82.7 cm³/mol. The van der Waals surface area contributed by atoms with Gasteiger partial charge in [0.1, 0.15) is 5.82 Å². The zero-order valence-corrected chi connectivity index (χ0v) is 13.4. The third kappa shape index (κ3) is 4.76. The fourth-order valence-corrected chi connectivity index (χ4v) is 3.40. The van der Waals surface area contributed by atoms with Crippen LogP contribution in [0, 0.1) is 5.82 Å². The van der Waals surface area contributed by atoms with Crippen LogP contribution in [0.2, 0.25) is 0 Å². The molecule has 1 aliphatic heterocycles. The quantitative estimate of drug-likeness (QED) is 0.908. The van der Waals surface area contributed by atoms with Crippen LogP contribution in [0.15, 0.2) is 23.1 Å². The minimum atomic E-state index is -0.112. The van der Waals surface area contributed by atoms with Gasteiger partial charge in [-0.15, -0.1) is 11.8 Å². The highest BCUT2D eigenvalue weighted by Gasteiger charge is 2.19. The Balaban J connectivity index is 2.08. The lowest BCUT2D eigenvalue weighted by Crippen LogP contribution is -2.35. The molecule has 0 amide bonds. The molecule has 20 heavy (non-hydrogen) atoms. The van der Waals surface area contributed by atoms with E-state index >= 15 is 0 Å². The second kappa shape index (κ2) is 6.92. The first-order valence-corrected chi connectivity index (χ1v) is 8.10. The van der Waals surface area contributed by atoms with E-state index in [-0.39, 0.29) is 11.4 Å². The Kier molecular flexibility index (Phi) is 5.47. The van der Waals surface area contributed by atoms with Gasteiger partial charge in [-0.1, -0.05) is 6.07 Å². The average Bonchev–Trinajstić information content (AvgIpc) is 2.38. The van der Waals surface area contributed by atoms with Crippen LogP contribution in [-0.2, 0) is 11.3 Å². The monoisotopic (exact) mass is 297 g/mol. The molecule has 112 valence electrons. The van der Waals surface area contributed by atoms with Gasteiger partial charge in [0.15, 0.2) is 0 Å². The number of hydrogen-bond donors (Lipinski definition) is 1. The van der Waals surface area contributed by atoms with Crippen molar-refractivity contribution in [3.8, 4) is 0 Å². The maximum absolute atomic E-state index is 14.1. The number of ether oxygens (including phenoxy) is 1. The molecular formula is C16H24FNOS. The molecule has 2 nitrogen and oxygen atoms in total. The van der Waals surface area contributed by atoms with Crippen LogP contribution in [0.5, 0.6) is 0 Å². The summed E-state index contributed by atoms with van der Waals surface area (Å²) >= 11 is 1.80. The maximum Gasteiger partial charge on any atom is 0.128 e. The Morgan fingerprint density at radius 3 is 2.65 bits per heavy atom. The van der Waals surface area contributed by atoms with Crippen molar-refractivity contribution in [2.24, 2.45) is 0 Å². The van der Waals surface area contributed by atoms with Gasteiger partial charge in [-0.3, -0.25) is 0 Å². The normalized spacial score (nSPS) is 17.4. The number of hydrogen-bond acceptors (Lipinski definition) is 3. The molecule has 0 radical (unpaired) electrons. The van der Waals surface area contributed by atoms with Crippen molar-refractivity contribution >= 4 is 11.8 Å². The van der Waals surface area contributed by atoms with Gasteiger partial charge in [-0.05, 0) is 45.7 Å². The van der Waals surface area contributed by atoms with E-state index < -0.39 is 0 Å². The molecule has 1 aromatic carbocycles. The minimum absolute atomic E-state index is 0.0110. The standard InChI is InChI=1S/C16H24FNOS/c1-16(2,3)18-11-13-14(17)5-4-6-15(13)20-12-7-9-19-10-8-12/h4-6,12,18H,7-11H2,1-3H3. The molecular weight excluding hydrogens is 273 g/mol. The summed E-state index contributed by atoms with van der Waals surface area (Å²) in [7, 11) is 0. The van der Waals surface area contributed by atoms with E-state index in [1.807, 2.05) is 6.07 Å². The summed E-state index contributed by atoms with van der Waals surface area (Å²) in [6.45, 7) is 8.50. The topological polar surface area (TPSA) is 21.3 Å². The first kappa shape index (κ1) is 15.8. The summed E-state index contributed by atoms with van der Waals surface area (Å²) in [5.41, 5.74) is 0.780. The van der Waals surface area contributed by atoms with Crippen LogP contribution < -0.4 is 5.32 Å². The number of halogens is 1. The Morgan fingerprint density at radius 1 is 1.30 bits per heavy atom. The zero-order valence-electron chi connectivity index (χ0n) is 12.5. The minimum Gasteiger partial charge on any atom is -0.381 e. The molecule has 1 aromatic rings. The van der Waals surface area contributed by atoms with E-state index in [2.05, 4.69) is 26.1 Å². The molecule has 4 heteroatoms. The molecule has 1 heterocycles. The molecule has 0 unspecified atom stereocenters. The van der Waals surface area contributed by atoms with Crippen molar-refractivity contribution in [2.75, 3.05) is 13.2 Å². The highest BCUT2D eigenvalue weighted by molar-refractivity contribution is 8.00. The van der Waals surface area contributed by atoms with Gasteiger partial charge in [0.2, 0.25) is 0 Å². The molecule has 0 saturated carbocycles. The van der Waals surface area contributed by atoms with Gasteiger partial charge < -0.3 is 10.1 Å². The Bertz CT molecular complexity index is 439. The predicted octanol–water partition coefficient (Wildman–Crippen LogP) is 3.98. The van der Waals surface area contributed by atoms with E-state index in [0.717, 1.165) is 36.5 Å². The highest BCUT2D eigenvalue weighted by atomic mass is 32.2. The molecule has 0 aliphatic carbocycles. The van der Waals surface area contributed by atoms with Gasteiger partial charge in [0.25, 0.3) is 0 Å². The summed E-state index contributed by atoms with van der Waals surface area (Å²) in [5.74, 6) is -0.112. The second-order valence-electron chi connectivity index (χ2n) is 6.25. The summed E-state index contributed by atoms with van der Waals surface area (Å²) in [6, 6.07) is 5.38. The van der Waals surface area contributed by atoms with Crippen LogP contribution in [0.1, 0.15) is 39.2 Å². The van der Waals surface area contributed by atoms with Crippen LogP contribution in [0.25, 0.3) is 0 Å². The van der Waals surface area contributed by atoms with Crippen molar-refractivity contribution in [3.63, 3.8) is 0 Å². The van der Waals surface area contributed by atoms with Gasteiger partial charge in [0, 0.05) is 41.0 Å². The van der Waals surface area contributed by atoms with Crippen molar-refractivity contribution in [2.45, 2.75) is 55.8 Å². The van der Waals surface area contributed by atoms with E-state index in [4.69, 9.17) is 4.74 Å². The lowest BCUT2D eigenvalue weighted by molar-refractivity contribution is 0.1000. The first-order valence-electron chi connectivity index (χ1n) is 7.22. The molecule has 0 atom stereocenters. The van der Waals surface area contributed by atoms with Crippen LogP contribution >= 0.6 is 11.8 Å². The number of thioether (sulfide) groups is 1. The number of nitrogens with one attached hydrogen (secondary N) is 1. The third-order valence-electron chi connectivity index (χ3n) is 3.33. The van der Waals surface area contributed by atoms with Gasteiger partial charge in [-0.25, -0.2) is 4.39 Å². The van der Waals surface area contributed by atoms with E-state index in [9.17, 15) is 4.39 Å². The molecule has 1 N–H and O–H groups in total. The molecule has 1 saturated heterocycles. The number of rotatable bonds is 4. The molecule has 2 rings (SSSR count). The zero-order chi connectivity index (χ0) is 14.6. The fourth-order valence-electron chi connectivity index (χ4n) is 2.15. The van der Waals surface area contributed by atoms with Crippen LogP contribution in [0.3, 0.4) is 0 Å². The largest absolute Gasteiger partial charge is 0.381 e. The van der Waals surface area contributed by atoms with Crippen molar-refractivity contribution < 1.29 is 9.13 Å². The highest BCUT2D eigenvalue weighted by Crippen LogP contribution is 2.33. The summed E-state index contributed by atoms with van der Waals surface area (Å²) in [6.07, 6.45) is 2.10. The molecule has 0 bridgehead atoms.